The van der Waals surface area contributed by atoms with Crippen LogP contribution in [-0.4, -0.2) is 5.91 Å². The van der Waals surface area contributed by atoms with Crippen LogP contribution >= 0.6 is 0 Å². The molecule has 0 radical (unpaired) electrons. The molecule has 2 aromatic rings. The molecule has 0 saturated heterocycles. The Kier molecular flexibility index (Phi) is 4.00. The zero-order chi connectivity index (χ0) is 14.7. The number of nitrogens with one attached hydrogen (secondary N) is 1. The van der Waals surface area contributed by atoms with Gasteiger partial charge in [-0.25, -0.2) is 4.39 Å². The first-order valence-electron chi connectivity index (χ1n) is 7.31. The predicted octanol–water partition coefficient (Wildman–Crippen LogP) is 3.64. The van der Waals surface area contributed by atoms with Gasteiger partial charge in [-0.15, -0.1) is 0 Å². The summed E-state index contributed by atoms with van der Waals surface area (Å²) < 4.78 is 13.0. The van der Waals surface area contributed by atoms with Crippen LogP contribution < -0.4 is 5.32 Å². The Morgan fingerprint density at radius 3 is 2.38 bits per heavy atom. The molecule has 1 atom stereocenters. The predicted molar refractivity (Wildman–Crippen MR) is 80.2 cm³/mol. The third-order valence-corrected chi connectivity index (χ3v) is 3.91. The van der Waals surface area contributed by atoms with Crippen molar-refractivity contribution in [3.8, 4) is 0 Å². The lowest BCUT2D eigenvalue weighted by Gasteiger charge is -2.16. The van der Waals surface area contributed by atoms with Crippen molar-refractivity contribution < 1.29 is 9.18 Å². The Hall–Kier alpha value is -2.16. The molecule has 1 aliphatic carbocycles. The lowest BCUT2D eigenvalue weighted by Crippen LogP contribution is -2.30. The molecule has 1 saturated carbocycles. The van der Waals surface area contributed by atoms with Crippen molar-refractivity contribution in [3.63, 3.8) is 0 Å². The first-order valence-corrected chi connectivity index (χ1v) is 7.31. The van der Waals surface area contributed by atoms with Crippen molar-refractivity contribution in [2.45, 2.75) is 25.3 Å². The molecule has 1 aliphatic rings. The van der Waals surface area contributed by atoms with Crippen LogP contribution in [0.1, 0.15) is 29.9 Å². The van der Waals surface area contributed by atoms with Gasteiger partial charge in [0.05, 0.1) is 5.92 Å². The molecular weight excluding hydrogens is 265 g/mol. The summed E-state index contributed by atoms with van der Waals surface area (Å²) in [7, 11) is 0. The van der Waals surface area contributed by atoms with E-state index in [4.69, 9.17) is 0 Å². The van der Waals surface area contributed by atoms with Crippen molar-refractivity contribution >= 4 is 5.91 Å². The lowest BCUT2D eigenvalue weighted by atomic mass is 9.93. The van der Waals surface area contributed by atoms with E-state index in [1.165, 1.54) is 12.1 Å². The summed E-state index contributed by atoms with van der Waals surface area (Å²) in [6, 6.07) is 16.1. The van der Waals surface area contributed by atoms with Gasteiger partial charge in [-0.1, -0.05) is 42.5 Å². The Morgan fingerprint density at radius 1 is 1.10 bits per heavy atom. The molecule has 1 unspecified atom stereocenters. The Balaban J connectivity index is 1.69. The van der Waals surface area contributed by atoms with Gasteiger partial charge in [-0.3, -0.25) is 4.79 Å². The minimum atomic E-state index is -0.266. The molecule has 0 aliphatic heterocycles. The number of carbonyl (C=O) groups excluding carboxylic acids is 1. The molecule has 1 N–H and O–H groups in total. The van der Waals surface area contributed by atoms with Crippen LogP contribution in [-0.2, 0) is 11.3 Å². The molecule has 3 heteroatoms. The van der Waals surface area contributed by atoms with Crippen LogP contribution in [0.15, 0.2) is 54.6 Å². The summed E-state index contributed by atoms with van der Waals surface area (Å²) in [6.45, 7) is 0.532. The molecule has 3 rings (SSSR count). The third-order valence-electron chi connectivity index (χ3n) is 3.91. The fourth-order valence-corrected chi connectivity index (χ4v) is 2.63. The second-order valence-corrected chi connectivity index (χ2v) is 5.57. The average molecular weight is 283 g/mol. The summed E-state index contributed by atoms with van der Waals surface area (Å²) in [5.74, 6) is 0.00602. The number of rotatable bonds is 5. The fraction of sp³-hybridized carbons (Fsp3) is 0.278. The second kappa shape index (κ2) is 6.08. The maximum absolute atomic E-state index is 13.0. The van der Waals surface area contributed by atoms with E-state index in [0.717, 1.165) is 24.0 Å². The molecule has 1 fully saturated rings. The lowest BCUT2D eigenvalue weighted by molar-refractivity contribution is -0.123. The van der Waals surface area contributed by atoms with Crippen LogP contribution in [0, 0.1) is 11.7 Å². The topological polar surface area (TPSA) is 29.1 Å². The third kappa shape index (κ3) is 3.48. The van der Waals surface area contributed by atoms with Gasteiger partial charge < -0.3 is 5.32 Å². The number of amides is 1. The highest BCUT2D eigenvalue weighted by Gasteiger charge is 2.37. The van der Waals surface area contributed by atoms with E-state index in [1.54, 1.807) is 12.1 Å². The fourth-order valence-electron chi connectivity index (χ4n) is 2.63. The van der Waals surface area contributed by atoms with Gasteiger partial charge in [0.2, 0.25) is 5.91 Å². The van der Waals surface area contributed by atoms with Gasteiger partial charge >= 0.3 is 0 Å². The van der Waals surface area contributed by atoms with Crippen molar-refractivity contribution in [2.24, 2.45) is 5.92 Å². The average Bonchev–Trinajstić information content (AvgIpc) is 3.33. The van der Waals surface area contributed by atoms with Gasteiger partial charge in [-0.2, -0.15) is 0 Å². The Labute approximate surface area is 124 Å². The van der Waals surface area contributed by atoms with Gasteiger partial charge in [0.1, 0.15) is 5.82 Å². The Morgan fingerprint density at radius 2 is 1.76 bits per heavy atom. The van der Waals surface area contributed by atoms with Crippen LogP contribution in [0.5, 0.6) is 0 Å². The zero-order valence-corrected chi connectivity index (χ0v) is 11.8. The molecule has 108 valence electrons. The normalized spacial score (nSPS) is 15.5. The van der Waals surface area contributed by atoms with E-state index in [9.17, 15) is 9.18 Å². The highest BCUT2D eigenvalue weighted by atomic mass is 19.1. The number of halogens is 1. The molecule has 0 spiro atoms. The molecule has 2 nitrogen and oxygen atoms in total. The molecular formula is C18H18FNO. The number of hydrogen-bond acceptors (Lipinski definition) is 1. The summed E-state index contributed by atoms with van der Waals surface area (Å²) in [4.78, 5) is 12.5. The van der Waals surface area contributed by atoms with E-state index in [-0.39, 0.29) is 17.6 Å². The minimum absolute atomic E-state index is 0.0351. The summed E-state index contributed by atoms with van der Waals surface area (Å²) in [5.41, 5.74) is 1.99. The molecule has 0 bridgehead atoms. The van der Waals surface area contributed by atoms with Crippen LogP contribution in [0.25, 0.3) is 0 Å². The quantitative estimate of drug-likeness (QED) is 0.892. The van der Waals surface area contributed by atoms with Crippen LogP contribution in [0.3, 0.4) is 0 Å². The van der Waals surface area contributed by atoms with E-state index < -0.39 is 0 Å². The van der Waals surface area contributed by atoms with Crippen LogP contribution in [0.2, 0.25) is 0 Å². The Bertz CT molecular complexity index is 605. The largest absolute Gasteiger partial charge is 0.351 e. The highest BCUT2D eigenvalue weighted by Crippen LogP contribution is 2.42. The van der Waals surface area contributed by atoms with E-state index >= 15 is 0 Å². The molecule has 2 aromatic carbocycles. The zero-order valence-electron chi connectivity index (χ0n) is 11.8. The van der Waals surface area contributed by atoms with E-state index in [1.807, 2.05) is 30.3 Å². The molecule has 1 amide bonds. The van der Waals surface area contributed by atoms with Gasteiger partial charge in [0.15, 0.2) is 0 Å². The smallest absolute Gasteiger partial charge is 0.228 e. The first kappa shape index (κ1) is 13.8. The molecule has 21 heavy (non-hydrogen) atoms. The number of carbonyl (C=O) groups is 1. The number of hydrogen-bond donors (Lipinski definition) is 1. The minimum Gasteiger partial charge on any atom is -0.351 e. The molecule has 0 aromatic heterocycles. The van der Waals surface area contributed by atoms with Gasteiger partial charge in [-0.05, 0) is 42.0 Å². The summed E-state index contributed by atoms with van der Waals surface area (Å²) in [5, 5.41) is 3.00. The maximum Gasteiger partial charge on any atom is 0.228 e. The summed E-state index contributed by atoms with van der Waals surface area (Å²) in [6.07, 6.45) is 2.14. The summed E-state index contributed by atoms with van der Waals surface area (Å²) >= 11 is 0. The van der Waals surface area contributed by atoms with Gasteiger partial charge in [0, 0.05) is 6.54 Å². The monoisotopic (exact) mass is 283 g/mol. The standard InChI is InChI=1S/C18H18FNO/c19-16-10-8-15(9-11-16)17(14-6-7-14)18(21)20-12-13-4-2-1-3-5-13/h1-5,8-11,14,17H,6-7,12H2,(H,20,21). The van der Waals surface area contributed by atoms with Crippen molar-refractivity contribution in [3.05, 3.63) is 71.5 Å². The van der Waals surface area contributed by atoms with Gasteiger partial charge in [0.25, 0.3) is 0 Å². The van der Waals surface area contributed by atoms with E-state index in [2.05, 4.69) is 5.32 Å². The van der Waals surface area contributed by atoms with Crippen molar-refractivity contribution in [2.75, 3.05) is 0 Å². The van der Waals surface area contributed by atoms with Crippen molar-refractivity contribution in [1.29, 1.82) is 0 Å². The van der Waals surface area contributed by atoms with E-state index in [0.29, 0.717) is 12.5 Å². The second-order valence-electron chi connectivity index (χ2n) is 5.57. The highest BCUT2D eigenvalue weighted by molar-refractivity contribution is 5.84. The maximum atomic E-state index is 13.0. The van der Waals surface area contributed by atoms with Crippen molar-refractivity contribution in [1.82, 2.24) is 5.32 Å². The van der Waals surface area contributed by atoms with Crippen LogP contribution in [0.4, 0.5) is 4.39 Å². The SMILES string of the molecule is O=C(NCc1ccccc1)C(c1ccc(F)cc1)C1CC1. The first-order chi connectivity index (χ1) is 10.2. The number of benzene rings is 2. The molecule has 0 heterocycles.